The van der Waals surface area contributed by atoms with Gasteiger partial charge in [0.15, 0.2) is 0 Å². The summed E-state index contributed by atoms with van der Waals surface area (Å²) < 4.78 is 36.9. The van der Waals surface area contributed by atoms with Gasteiger partial charge in [-0.1, -0.05) is 0 Å². The first-order valence-corrected chi connectivity index (χ1v) is 8.50. The van der Waals surface area contributed by atoms with E-state index in [2.05, 4.69) is 9.46 Å². The molecule has 8 heteroatoms. The van der Waals surface area contributed by atoms with Crippen molar-refractivity contribution in [3.8, 4) is 0 Å². The van der Waals surface area contributed by atoms with Gasteiger partial charge < -0.3 is 9.15 Å². The van der Waals surface area contributed by atoms with Gasteiger partial charge in [-0.15, -0.1) is 11.3 Å². The lowest BCUT2D eigenvalue weighted by atomic mass is 10.3. The first-order chi connectivity index (χ1) is 9.95. The van der Waals surface area contributed by atoms with Crippen LogP contribution in [-0.4, -0.2) is 28.0 Å². The third-order valence-electron chi connectivity index (χ3n) is 2.80. The Morgan fingerprint density at radius 1 is 1.48 bits per heavy atom. The van der Waals surface area contributed by atoms with E-state index in [4.69, 9.17) is 4.42 Å². The number of ether oxygens (including phenoxy) is 1. The van der Waals surface area contributed by atoms with Crippen LogP contribution in [0.15, 0.2) is 33.1 Å². The molecule has 1 N–H and O–H groups in total. The molecule has 2 aromatic heterocycles. The van der Waals surface area contributed by atoms with Crippen molar-refractivity contribution in [1.29, 1.82) is 0 Å². The highest BCUT2D eigenvalue weighted by atomic mass is 32.2. The minimum absolute atomic E-state index is 0.0150. The Morgan fingerprint density at radius 2 is 2.24 bits per heavy atom. The van der Waals surface area contributed by atoms with E-state index in [9.17, 15) is 13.2 Å². The van der Waals surface area contributed by atoms with Gasteiger partial charge in [0, 0.05) is 13.0 Å². The molecule has 0 fully saturated rings. The summed E-state index contributed by atoms with van der Waals surface area (Å²) in [5.41, 5.74) is 0.519. The Kier molecular flexibility index (Phi) is 4.81. The van der Waals surface area contributed by atoms with Crippen LogP contribution in [0.4, 0.5) is 0 Å². The first-order valence-electron chi connectivity index (χ1n) is 6.14. The molecule has 0 radical (unpaired) electrons. The number of methoxy groups -OCH3 is 1. The Balaban J connectivity index is 2.15. The zero-order valence-electron chi connectivity index (χ0n) is 11.6. The standard InChI is InChI=1S/C13H15NO5S2/c1-9-8-20-11(13(15)18-2)12(9)21(16,17)14-6-5-10-4-3-7-19-10/h3-4,7-8,14H,5-6H2,1-2H3. The van der Waals surface area contributed by atoms with Crippen molar-refractivity contribution in [1.82, 2.24) is 4.72 Å². The fourth-order valence-electron chi connectivity index (χ4n) is 1.84. The smallest absolute Gasteiger partial charge is 0.349 e. The predicted molar refractivity (Wildman–Crippen MR) is 78.0 cm³/mol. The van der Waals surface area contributed by atoms with E-state index < -0.39 is 16.0 Å². The van der Waals surface area contributed by atoms with Crippen molar-refractivity contribution < 1.29 is 22.4 Å². The monoisotopic (exact) mass is 329 g/mol. The molecule has 0 saturated heterocycles. The molecule has 0 aliphatic rings. The number of carbonyl (C=O) groups excluding carboxylic acids is 1. The minimum Gasteiger partial charge on any atom is -0.469 e. The fourth-order valence-corrected chi connectivity index (χ4v) is 4.57. The quantitative estimate of drug-likeness (QED) is 0.819. The highest BCUT2D eigenvalue weighted by Gasteiger charge is 2.27. The van der Waals surface area contributed by atoms with Crippen LogP contribution in [0.3, 0.4) is 0 Å². The second-order valence-electron chi connectivity index (χ2n) is 4.30. The fraction of sp³-hybridized carbons (Fsp3) is 0.308. The maximum atomic E-state index is 12.3. The first kappa shape index (κ1) is 15.7. The van der Waals surface area contributed by atoms with Crippen molar-refractivity contribution in [2.24, 2.45) is 0 Å². The summed E-state index contributed by atoms with van der Waals surface area (Å²) in [5.74, 6) is 0.0347. The topological polar surface area (TPSA) is 85.6 Å². The third kappa shape index (κ3) is 3.52. The molecule has 0 aliphatic carbocycles. The number of hydrogen-bond donors (Lipinski definition) is 1. The molecule has 114 valence electrons. The molecule has 0 aromatic carbocycles. The van der Waals surface area contributed by atoms with E-state index in [1.807, 2.05) is 0 Å². The van der Waals surface area contributed by atoms with Gasteiger partial charge in [0.05, 0.1) is 13.4 Å². The van der Waals surface area contributed by atoms with Gasteiger partial charge in [-0.05, 0) is 30.0 Å². The van der Waals surface area contributed by atoms with E-state index in [-0.39, 0.29) is 16.3 Å². The van der Waals surface area contributed by atoms with Crippen molar-refractivity contribution >= 4 is 27.3 Å². The number of rotatable bonds is 6. The highest BCUT2D eigenvalue weighted by molar-refractivity contribution is 7.89. The van der Waals surface area contributed by atoms with Crippen molar-refractivity contribution in [3.05, 3.63) is 40.0 Å². The summed E-state index contributed by atoms with van der Waals surface area (Å²) in [4.78, 5) is 11.7. The average molecular weight is 329 g/mol. The summed E-state index contributed by atoms with van der Waals surface area (Å²) >= 11 is 1.05. The van der Waals surface area contributed by atoms with Gasteiger partial charge in [0.25, 0.3) is 0 Å². The van der Waals surface area contributed by atoms with E-state index >= 15 is 0 Å². The van der Waals surface area contributed by atoms with E-state index in [0.717, 1.165) is 11.3 Å². The van der Waals surface area contributed by atoms with Crippen LogP contribution in [0.5, 0.6) is 0 Å². The van der Waals surface area contributed by atoms with Crippen LogP contribution in [0, 0.1) is 6.92 Å². The molecule has 0 aliphatic heterocycles. The number of aryl methyl sites for hydroxylation is 1. The Labute approximate surface area is 126 Å². The van der Waals surface area contributed by atoms with Gasteiger partial charge in [-0.25, -0.2) is 17.9 Å². The molecule has 0 amide bonds. The van der Waals surface area contributed by atoms with E-state index in [1.165, 1.54) is 13.4 Å². The summed E-state index contributed by atoms with van der Waals surface area (Å²) in [6.07, 6.45) is 1.96. The van der Waals surface area contributed by atoms with E-state index in [0.29, 0.717) is 17.7 Å². The molecule has 0 spiro atoms. The molecule has 21 heavy (non-hydrogen) atoms. The van der Waals surface area contributed by atoms with Crippen LogP contribution < -0.4 is 4.72 Å². The number of thiophene rings is 1. The number of carbonyl (C=O) groups is 1. The molecule has 0 atom stereocenters. The lowest BCUT2D eigenvalue weighted by molar-refractivity contribution is 0.0602. The summed E-state index contributed by atoms with van der Waals surface area (Å²) in [5, 5.41) is 1.62. The average Bonchev–Trinajstić information content (AvgIpc) is 3.07. The second-order valence-corrected chi connectivity index (χ2v) is 6.88. The van der Waals surface area contributed by atoms with Gasteiger partial charge in [0.1, 0.15) is 15.5 Å². The van der Waals surface area contributed by atoms with Gasteiger partial charge >= 0.3 is 5.97 Å². The van der Waals surface area contributed by atoms with Crippen LogP contribution >= 0.6 is 11.3 Å². The molecule has 0 saturated carbocycles. The number of hydrogen-bond acceptors (Lipinski definition) is 6. The summed E-state index contributed by atoms with van der Waals surface area (Å²) in [7, 11) is -2.55. The Morgan fingerprint density at radius 3 is 2.86 bits per heavy atom. The zero-order chi connectivity index (χ0) is 15.5. The van der Waals surface area contributed by atoms with Crippen LogP contribution in [0.25, 0.3) is 0 Å². The lowest BCUT2D eigenvalue weighted by Crippen LogP contribution is -2.27. The largest absolute Gasteiger partial charge is 0.469 e. The van der Waals surface area contributed by atoms with Gasteiger partial charge in [-0.2, -0.15) is 0 Å². The molecule has 6 nitrogen and oxygen atoms in total. The highest BCUT2D eigenvalue weighted by Crippen LogP contribution is 2.27. The van der Waals surface area contributed by atoms with Crippen LogP contribution in [0.1, 0.15) is 21.0 Å². The molecular formula is C13H15NO5S2. The third-order valence-corrected chi connectivity index (χ3v) is 5.66. The van der Waals surface area contributed by atoms with Gasteiger partial charge in [0.2, 0.25) is 10.0 Å². The molecule has 2 heterocycles. The Bertz CT molecular complexity index is 716. The number of furan rings is 1. The molecule has 2 rings (SSSR count). The summed E-state index contributed by atoms with van der Waals surface area (Å²) in [6.45, 7) is 1.83. The number of esters is 1. The SMILES string of the molecule is COC(=O)c1scc(C)c1S(=O)(=O)NCCc1ccco1. The molecule has 2 aromatic rings. The normalized spacial score (nSPS) is 11.5. The van der Waals surface area contributed by atoms with E-state index in [1.54, 1.807) is 24.4 Å². The van der Waals surface area contributed by atoms with Crippen LogP contribution in [-0.2, 0) is 21.2 Å². The van der Waals surface area contributed by atoms with Crippen molar-refractivity contribution in [2.75, 3.05) is 13.7 Å². The van der Waals surface area contributed by atoms with Crippen molar-refractivity contribution in [2.45, 2.75) is 18.2 Å². The maximum absolute atomic E-state index is 12.3. The number of nitrogens with one attached hydrogen (secondary N) is 1. The van der Waals surface area contributed by atoms with Gasteiger partial charge in [-0.3, -0.25) is 0 Å². The van der Waals surface area contributed by atoms with Crippen LogP contribution in [0.2, 0.25) is 0 Å². The summed E-state index contributed by atoms with van der Waals surface area (Å²) in [6, 6.07) is 3.51. The lowest BCUT2D eigenvalue weighted by Gasteiger charge is -2.07. The minimum atomic E-state index is -3.77. The number of sulfonamides is 1. The maximum Gasteiger partial charge on any atom is 0.349 e. The second kappa shape index (κ2) is 6.42. The molecular weight excluding hydrogens is 314 g/mol. The predicted octanol–water partition coefficient (Wildman–Crippen LogP) is 1.96. The molecule has 0 bridgehead atoms. The zero-order valence-corrected chi connectivity index (χ0v) is 13.2. The Hall–Kier alpha value is -1.64. The van der Waals surface area contributed by atoms with Crippen molar-refractivity contribution in [3.63, 3.8) is 0 Å². The molecule has 0 unspecified atom stereocenters.